The molecule has 3 heteroatoms. The molecule has 1 aliphatic rings. The number of ether oxygens (including phenoxy) is 1. The molecule has 0 N–H and O–H groups in total. The predicted octanol–water partition coefficient (Wildman–Crippen LogP) is 3.83. The minimum Gasteiger partial charge on any atom is -0.453 e. The normalized spacial score (nSPS) is 18.2. The van der Waals surface area contributed by atoms with Crippen molar-refractivity contribution in [2.45, 2.75) is 48.0 Å². The van der Waals surface area contributed by atoms with Crippen molar-refractivity contribution >= 4 is 11.6 Å². The topological polar surface area (TPSA) is 43.4 Å². The average molecular weight is 286 g/mol. The van der Waals surface area contributed by atoms with E-state index in [0.717, 1.165) is 16.7 Å². The Hall–Kier alpha value is -1.90. The van der Waals surface area contributed by atoms with Gasteiger partial charge in [-0.2, -0.15) is 0 Å². The molecule has 2 rings (SSSR count). The van der Waals surface area contributed by atoms with Gasteiger partial charge in [0, 0.05) is 17.4 Å². The van der Waals surface area contributed by atoms with Crippen molar-refractivity contribution in [1.29, 1.82) is 0 Å². The van der Waals surface area contributed by atoms with E-state index >= 15 is 0 Å². The molecule has 0 aliphatic heterocycles. The SMILES string of the molecule is CC1=C(Oc2c(C)cc(C)cc2C)C(=O)CC(C)(C)C1=O. The summed E-state index contributed by atoms with van der Waals surface area (Å²) >= 11 is 0. The zero-order valence-electron chi connectivity index (χ0n) is 13.6. The van der Waals surface area contributed by atoms with Crippen LogP contribution in [-0.4, -0.2) is 11.6 Å². The summed E-state index contributed by atoms with van der Waals surface area (Å²) in [5.74, 6) is 0.765. The Bertz CT molecular complexity index is 640. The van der Waals surface area contributed by atoms with Crippen LogP contribution in [0.15, 0.2) is 23.5 Å². The summed E-state index contributed by atoms with van der Waals surface area (Å²) in [6.07, 6.45) is 0.197. The molecule has 112 valence electrons. The van der Waals surface area contributed by atoms with Gasteiger partial charge in [-0.3, -0.25) is 9.59 Å². The van der Waals surface area contributed by atoms with Crippen molar-refractivity contribution in [3.8, 4) is 5.75 Å². The largest absolute Gasteiger partial charge is 0.453 e. The summed E-state index contributed by atoms with van der Waals surface area (Å²) in [7, 11) is 0. The second-order valence-electron chi connectivity index (χ2n) is 6.60. The summed E-state index contributed by atoms with van der Waals surface area (Å²) in [6.45, 7) is 11.2. The van der Waals surface area contributed by atoms with Gasteiger partial charge in [-0.05, 0) is 38.8 Å². The van der Waals surface area contributed by atoms with Gasteiger partial charge in [-0.15, -0.1) is 0 Å². The van der Waals surface area contributed by atoms with E-state index < -0.39 is 5.41 Å². The summed E-state index contributed by atoms with van der Waals surface area (Å²) in [5.41, 5.74) is 2.88. The summed E-state index contributed by atoms with van der Waals surface area (Å²) in [6, 6.07) is 4.02. The molecule has 0 saturated heterocycles. The number of Topliss-reactive ketones (excluding diaryl/α,β-unsaturated/α-hetero) is 2. The third kappa shape index (κ3) is 2.78. The van der Waals surface area contributed by atoms with Crippen LogP contribution >= 0.6 is 0 Å². The van der Waals surface area contributed by atoms with Crippen molar-refractivity contribution < 1.29 is 14.3 Å². The van der Waals surface area contributed by atoms with Gasteiger partial charge >= 0.3 is 0 Å². The molecule has 21 heavy (non-hydrogen) atoms. The van der Waals surface area contributed by atoms with Crippen LogP contribution in [0.3, 0.4) is 0 Å². The lowest BCUT2D eigenvalue weighted by Gasteiger charge is -2.29. The Morgan fingerprint density at radius 1 is 1.00 bits per heavy atom. The van der Waals surface area contributed by atoms with Crippen LogP contribution < -0.4 is 4.74 Å². The lowest BCUT2D eigenvalue weighted by atomic mass is 9.75. The third-order valence-corrected chi connectivity index (χ3v) is 3.96. The zero-order chi connectivity index (χ0) is 15.9. The molecule has 0 unspecified atom stereocenters. The fourth-order valence-electron chi connectivity index (χ4n) is 2.95. The Morgan fingerprint density at radius 3 is 2.05 bits per heavy atom. The zero-order valence-corrected chi connectivity index (χ0v) is 13.6. The van der Waals surface area contributed by atoms with Gasteiger partial charge in [0.1, 0.15) is 5.75 Å². The first kappa shape index (κ1) is 15.5. The Labute approximate surface area is 126 Å². The van der Waals surface area contributed by atoms with Crippen molar-refractivity contribution in [2.75, 3.05) is 0 Å². The quantitative estimate of drug-likeness (QED) is 0.829. The van der Waals surface area contributed by atoms with E-state index in [1.807, 2.05) is 32.9 Å². The summed E-state index contributed by atoms with van der Waals surface area (Å²) in [4.78, 5) is 24.7. The highest BCUT2D eigenvalue weighted by Gasteiger charge is 2.40. The van der Waals surface area contributed by atoms with Gasteiger partial charge in [0.25, 0.3) is 0 Å². The minimum absolute atomic E-state index is 0.0143. The van der Waals surface area contributed by atoms with Crippen LogP contribution in [0.4, 0.5) is 0 Å². The highest BCUT2D eigenvalue weighted by atomic mass is 16.5. The van der Waals surface area contributed by atoms with Crippen molar-refractivity contribution in [3.05, 3.63) is 40.2 Å². The number of allylic oxidation sites excluding steroid dienone is 2. The van der Waals surface area contributed by atoms with Crippen LogP contribution in [0.25, 0.3) is 0 Å². The third-order valence-electron chi connectivity index (χ3n) is 3.96. The molecule has 1 aromatic rings. The lowest BCUT2D eigenvalue weighted by molar-refractivity contribution is -0.131. The van der Waals surface area contributed by atoms with E-state index in [1.54, 1.807) is 20.8 Å². The number of carbonyl (C=O) groups is 2. The second-order valence-corrected chi connectivity index (χ2v) is 6.60. The Morgan fingerprint density at radius 2 is 1.52 bits per heavy atom. The fourth-order valence-corrected chi connectivity index (χ4v) is 2.95. The number of rotatable bonds is 2. The van der Waals surface area contributed by atoms with E-state index in [2.05, 4.69) is 0 Å². The first-order valence-corrected chi connectivity index (χ1v) is 7.18. The highest BCUT2D eigenvalue weighted by Crippen LogP contribution is 2.36. The van der Waals surface area contributed by atoms with Gasteiger partial charge in [-0.25, -0.2) is 0 Å². The molecule has 0 aromatic heterocycles. The molecule has 0 atom stereocenters. The molecule has 0 bridgehead atoms. The average Bonchev–Trinajstić information content (AvgIpc) is 2.34. The Kier molecular flexibility index (Phi) is 3.79. The molecule has 1 aliphatic carbocycles. The van der Waals surface area contributed by atoms with Gasteiger partial charge < -0.3 is 4.74 Å². The van der Waals surface area contributed by atoms with Crippen LogP contribution in [0.5, 0.6) is 5.75 Å². The van der Waals surface area contributed by atoms with Gasteiger partial charge in [0.15, 0.2) is 17.3 Å². The van der Waals surface area contributed by atoms with Crippen LogP contribution in [0.2, 0.25) is 0 Å². The maximum atomic E-state index is 12.3. The highest BCUT2D eigenvalue weighted by molar-refractivity contribution is 6.13. The smallest absolute Gasteiger partial charge is 0.199 e. The molecule has 3 nitrogen and oxygen atoms in total. The number of hydrogen-bond acceptors (Lipinski definition) is 3. The first-order valence-electron chi connectivity index (χ1n) is 7.18. The second kappa shape index (κ2) is 5.14. The van der Waals surface area contributed by atoms with Crippen molar-refractivity contribution in [3.63, 3.8) is 0 Å². The molecule has 1 aromatic carbocycles. The van der Waals surface area contributed by atoms with Crippen molar-refractivity contribution in [2.24, 2.45) is 5.41 Å². The minimum atomic E-state index is -0.634. The maximum Gasteiger partial charge on any atom is 0.199 e. The number of carbonyl (C=O) groups excluding carboxylic acids is 2. The maximum absolute atomic E-state index is 12.3. The molecule has 0 amide bonds. The fraction of sp³-hybridized carbons (Fsp3) is 0.444. The monoisotopic (exact) mass is 286 g/mol. The Balaban J connectivity index is 2.47. The molecular weight excluding hydrogens is 264 g/mol. The molecule has 0 spiro atoms. The summed E-state index contributed by atoms with van der Waals surface area (Å²) in [5, 5.41) is 0. The predicted molar refractivity (Wildman–Crippen MR) is 82.4 cm³/mol. The molecule has 0 radical (unpaired) electrons. The molecular formula is C18H22O3. The van der Waals surface area contributed by atoms with E-state index in [9.17, 15) is 9.59 Å². The number of ketones is 2. The van der Waals surface area contributed by atoms with Gasteiger partial charge in [0.05, 0.1) is 0 Å². The lowest BCUT2D eigenvalue weighted by Crippen LogP contribution is -2.36. The van der Waals surface area contributed by atoms with E-state index in [-0.39, 0.29) is 23.7 Å². The summed E-state index contributed by atoms with van der Waals surface area (Å²) < 4.78 is 5.87. The molecule has 0 fully saturated rings. The number of benzene rings is 1. The van der Waals surface area contributed by atoms with Crippen LogP contribution in [-0.2, 0) is 9.59 Å². The van der Waals surface area contributed by atoms with E-state index in [0.29, 0.717) is 11.3 Å². The van der Waals surface area contributed by atoms with Gasteiger partial charge in [0.2, 0.25) is 0 Å². The van der Waals surface area contributed by atoms with E-state index in [4.69, 9.17) is 4.74 Å². The molecule has 0 heterocycles. The van der Waals surface area contributed by atoms with Crippen LogP contribution in [0, 0.1) is 26.2 Å². The van der Waals surface area contributed by atoms with Gasteiger partial charge in [-0.1, -0.05) is 31.5 Å². The number of hydrogen-bond donors (Lipinski definition) is 0. The van der Waals surface area contributed by atoms with Crippen molar-refractivity contribution in [1.82, 2.24) is 0 Å². The first-order chi connectivity index (χ1) is 9.63. The standard InChI is InChI=1S/C18H22O3/c1-10-7-11(2)15(12(3)8-10)21-16-13(4)17(20)18(5,6)9-14(16)19/h7-8H,9H2,1-6H3. The number of aryl methyl sites for hydroxylation is 3. The van der Waals surface area contributed by atoms with Crippen LogP contribution in [0.1, 0.15) is 43.9 Å². The van der Waals surface area contributed by atoms with E-state index in [1.165, 1.54) is 0 Å². The molecule has 0 saturated carbocycles.